The lowest BCUT2D eigenvalue weighted by molar-refractivity contribution is 0.280. The van der Waals surface area contributed by atoms with Gasteiger partial charge in [0.1, 0.15) is 11.3 Å². The van der Waals surface area contributed by atoms with Crippen molar-refractivity contribution in [2.75, 3.05) is 6.61 Å². The molecule has 2 N–H and O–H groups in total. The molecule has 2 aromatic heterocycles. The van der Waals surface area contributed by atoms with Crippen LogP contribution in [0.2, 0.25) is 0 Å². The summed E-state index contributed by atoms with van der Waals surface area (Å²) in [6.45, 7) is 12.1. The second kappa shape index (κ2) is 8.30. The average molecular weight is 443 g/mol. The van der Waals surface area contributed by atoms with Crippen LogP contribution in [0.5, 0.6) is 0 Å². The first-order valence-corrected chi connectivity index (χ1v) is 11.8. The minimum atomic E-state index is -3.69. The molecule has 0 saturated heterocycles. The van der Waals surface area contributed by atoms with Crippen LogP contribution in [-0.4, -0.2) is 49.2 Å². The van der Waals surface area contributed by atoms with E-state index in [1.54, 1.807) is 20.8 Å². The molecule has 30 heavy (non-hydrogen) atoms. The number of nitrogens with zero attached hydrogens (tertiary/aromatic N) is 3. The van der Waals surface area contributed by atoms with Crippen LogP contribution in [-0.2, 0) is 28.3 Å². The number of imidazole rings is 1. The zero-order valence-electron chi connectivity index (χ0n) is 18.9. The highest BCUT2D eigenvalue weighted by Crippen LogP contribution is 2.25. The number of aliphatic hydroxyl groups is 1. The topological polar surface area (TPSA) is 127 Å². The summed E-state index contributed by atoms with van der Waals surface area (Å²) in [6, 6.07) is 0. The second-order valence-corrected chi connectivity index (χ2v) is 12.7. The smallest absolute Gasteiger partial charge is 0.332 e. The van der Waals surface area contributed by atoms with Gasteiger partial charge in [-0.2, -0.15) is 0 Å². The van der Waals surface area contributed by atoms with Gasteiger partial charge in [0, 0.05) is 25.1 Å². The van der Waals surface area contributed by atoms with Crippen molar-refractivity contribution in [2.45, 2.75) is 89.8 Å². The number of hydrogen-bond donors (Lipinski definition) is 2. The van der Waals surface area contributed by atoms with E-state index in [1.165, 1.54) is 4.57 Å². The Morgan fingerprint density at radius 1 is 1.10 bits per heavy atom. The van der Waals surface area contributed by atoms with E-state index in [9.17, 15) is 23.1 Å². The first kappa shape index (κ1) is 24.3. The van der Waals surface area contributed by atoms with E-state index < -0.39 is 36.5 Å². The van der Waals surface area contributed by atoms with E-state index in [2.05, 4.69) is 9.97 Å². The van der Waals surface area contributed by atoms with Crippen LogP contribution in [0.25, 0.3) is 11.2 Å². The first-order valence-electron chi connectivity index (χ1n) is 10.2. The molecule has 9 nitrogen and oxygen atoms in total. The highest BCUT2D eigenvalue weighted by atomic mass is 32.2. The first-order chi connectivity index (χ1) is 13.7. The lowest BCUT2D eigenvalue weighted by Gasteiger charge is -2.27. The lowest BCUT2D eigenvalue weighted by Crippen LogP contribution is -2.45. The van der Waals surface area contributed by atoms with E-state index >= 15 is 0 Å². The molecule has 0 aliphatic rings. The summed E-state index contributed by atoms with van der Waals surface area (Å²) in [6.07, 6.45) is 0.554. The number of aliphatic hydroxyl groups excluding tert-OH is 1. The highest BCUT2D eigenvalue weighted by molar-refractivity contribution is 7.93. The number of H-pyrrole nitrogens is 1. The molecule has 0 spiro atoms. The molecule has 2 heterocycles. The zero-order valence-corrected chi connectivity index (χ0v) is 19.8. The third-order valence-corrected chi connectivity index (χ3v) is 8.12. The zero-order chi connectivity index (χ0) is 23.1. The Hall–Kier alpha value is -1.94. The number of hydrogen-bond acceptors (Lipinski definition) is 6. The molecule has 0 bridgehead atoms. The SMILES string of the molecule is CCCn1c(=O)c2[nH]c(C(C)(C)C)nc2n(CC(CCO)S(=O)(=O)C(C)(C)C)c1=O. The molecule has 1 atom stereocenters. The maximum Gasteiger partial charge on any atom is 0.332 e. The van der Waals surface area contributed by atoms with Crippen LogP contribution in [0, 0.1) is 0 Å². The van der Waals surface area contributed by atoms with Crippen molar-refractivity contribution in [3.63, 3.8) is 0 Å². The minimum Gasteiger partial charge on any atom is -0.396 e. The summed E-state index contributed by atoms with van der Waals surface area (Å²) < 4.78 is 27.5. The Bertz CT molecular complexity index is 1130. The molecule has 0 fully saturated rings. The molecule has 2 aromatic rings. The number of nitrogens with one attached hydrogen (secondary N) is 1. The van der Waals surface area contributed by atoms with Crippen LogP contribution in [0.1, 0.15) is 67.1 Å². The van der Waals surface area contributed by atoms with Crippen LogP contribution in [0.4, 0.5) is 0 Å². The summed E-state index contributed by atoms with van der Waals surface area (Å²) >= 11 is 0. The normalized spacial score (nSPS) is 14.4. The Kier molecular flexibility index (Phi) is 6.73. The fourth-order valence-electron chi connectivity index (χ4n) is 3.30. The van der Waals surface area contributed by atoms with Crippen molar-refractivity contribution in [1.29, 1.82) is 0 Å². The van der Waals surface area contributed by atoms with Gasteiger partial charge in [0.05, 0.1) is 10.00 Å². The van der Waals surface area contributed by atoms with Gasteiger partial charge in [0.2, 0.25) is 0 Å². The lowest BCUT2D eigenvalue weighted by atomic mass is 9.96. The van der Waals surface area contributed by atoms with Gasteiger partial charge in [0.15, 0.2) is 15.5 Å². The standard InChI is InChI=1S/C20H34N4O5S/c1-8-10-23-16(26)14-15(22-17(21-14)19(2,3)4)24(18(23)27)12-13(9-11-25)30(28,29)20(5,6)7/h13,25H,8-12H2,1-7H3,(H,21,22). The monoisotopic (exact) mass is 442 g/mol. The van der Waals surface area contributed by atoms with Crippen LogP contribution >= 0.6 is 0 Å². The predicted molar refractivity (Wildman–Crippen MR) is 118 cm³/mol. The van der Waals surface area contributed by atoms with Crippen molar-refractivity contribution in [1.82, 2.24) is 19.1 Å². The number of sulfone groups is 1. The molecule has 170 valence electrons. The summed E-state index contributed by atoms with van der Waals surface area (Å²) in [7, 11) is -3.69. The highest BCUT2D eigenvalue weighted by Gasteiger charge is 2.37. The fourth-order valence-corrected chi connectivity index (χ4v) is 5.06. The molecule has 10 heteroatoms. The summed E-state index contributed by atoms with van der Waals surface area (Å²) in [5.41, 5.74) is -1.12. The third-order valence-electron chi connectivity index (χ3n) is 5.15. The van der Waals surface area contributed by atoms with E-state index in [-0.39, 0.29) is 37.3 Å². The van der Waals surface area contributed by atoms with Gasteiger partial charge in [-0.1, -0.05) is 27.7 Å². The Labute approximate surface area is 177 Å². The van der Waals surface area contributed by atoms with Gasteiger partial charge in [-0.3, -0.25) is 13.9 Å². The van der Waals surface area contributed by atoms with Gasteiger partial charge >= 0.3 is 5.69 Å². The second-order valence-electron chi connectivity index (χ2n) is 9.68. The maximum atomic E-state index is 13.2. The van der Waals surface area contributed by atoms with E-state index in [1.807, 2.05) is 27.7 Å². The van der Waals surface area contributed by atoms with Gasteiger partial charge in [-0.05, 0) is 33.6 Å². The minimum absolute atomic E-state index is 0.0169. The van der Waals surface area contributed by atoms with Crippen molar-refractivity contribution in [3.8, 4) is 0 Å². The molecule has 0 aliphatic carbocycles. The van der Waals surface area contributed by atoms with Crippen molar-refractivity contribution in [2.24, 2.45) is 0 Å². The molecule has 0 aliphatic heterocycles. The van der Waals surface area contributed by atoms with Crippen molar-refractivity contribution < 1.29 is 13.5 Å². The van der Waals surface area contributed by atoms with E-state index in [0.717, 1.165) is 4.57 Å². The number of aromatic nitrogens is 4. The summed E-state index contributed by atoms with van der Waals surface area (Å²) in [4.78, 5) is 33.6. The van der Waals surface area contributed by atoms with Crippen molar-refractivity contribution in [3.05, 3.63) is 26.7 Å². The molecular formula is C20H34N4O5S. The number of rotatable bonds is 7. The number of fused-ring (bicyclic) bond motifs is 1. The van der Waals surface area contributed by atoms with Crippen LogP contribution in [0.15, 0.2) is 9.59 Å². The third kappa shape index (κ3) is 4.39. The van der Waals surface area contributed by atoms with Gasteiger partial charge in [0.25, 0.3) is 5.56 Å². The quantitative estimate of drug-likeness (QED) is 0.670. The van der Waals surface area contributed by atoms with Crippen LogP contribution in [0.3, 0.4) is 0 Å². The molecule has 1 unspecified atom stereocenters. The van der Waals surface area contributed by atoms with E-state index in [0.29, 0.717) is 12.2 Å². The van der Waals surface area contributed by atoms with Gasteiger partial charge < -0.3 is 10.1 Å². The van der Waals surface area contributed by atoms with Gasteiger partial charge in [-0.25, -0.2) is 18.2 Å². The molecule has 0 amide bonds. The van der Waals surface area contributed by atoms with Crippen LogP contribution < -0.4 is 11.2 Å². The van der Waals surface area contributed by atoms with Gasteiger partial charge in [-0.15, -0.1) is 0 Å². The molecule has 2 rings (SSSR count). The molecule has 0 aromatic carbocycles. The molecular weight excluding hydrogens is 408 g/mol. The largest absolute Gasteiger partial charge is 0.396 e. The number of aromatic amines is 1. The predicted octanol–water partition coefficient (Wildman–Crippen LogP) is 1.56. The summed E-state index contributed by atoms with van der Waals surface area (Å²) in [5.74, 6) is 0.536. The fraction of sp³-hybridized carbons (Fsp3) is 0.750. The Balaban J connectivity index is 2.82. The molecule has 0 radical (unpaired) electrons. The van der Waals surface area contributed by atoms with E-state index in [4.69, 9.17) is 0 Å². The Morgan fingerprint density at radius 2 is 1.70 bits per heavy atom. The maximum absolute atomic E-state index is 13.2. The average Bonchev–Trinajstić information content (AvgIpc) is 3.06. The summed E-state index contributed by atoms with van der Waals surface area (Å²) in [5, 5.41) is 8.50. The molecule has 0 saturated carbocycles. The Morgan fingerprint density at radius 3 is 2.17 bits per heavy atom. The van der Waals surface area contributed by atoms with Crippen molar-refractivity contribution >= 4 is 21.0 Å².